The van der Waals surface area contributed by atoms with Gasteiger partial charge >= 0.3 is 17.8 Å². The van der Waals surface area contributed by atoms with Gasteiger partial charge in [0.1, 0.15) is 18.1 Å². The summed E-state index contributed by atoms with van der Waals surface area (Å²) < 4.78 is 6.69. The summed E-state index contributed by atoms with van der Waals surface area (Å²) in [4.78, 5) is 50.5. The highest BCUT2D eigenvalue weighted by atomic mass is 35.5. The van der Waals surface area contributed by atoms with Gasteiger partial charge in [-0.05, 0) is 70.6 Å². The number of tetrazole rings is 1. The van der Waals surface area contributed by atoms with Crippen LogP contribution in [0.4, 0.5) is 11.4 Å². The topological polar surface area (TPSA) is 181 Å². The summed E-state index contributed by atoms with van der Waals surface area (Å²) in [6.07, 6.45) is 2.89. The molecule has 5 aromatic rings. The number of hydrogen-bond acceptors (Lipinski definition) is 8. The highest BCUT2D eigenvalue weighted by molar-refractivity contribution is 6.40. The molecule has 0 bridgehead atoms. The van der Waals surface area contributed by atoms with Gasteiger partial charge in [-0.2, -0.15) is 4.68 Å². The van der Waals surface area contributed by atoms with E-state index >= 15 is 0 Å². The number of furan rings is 1. The van der Waals surface area contributed by atoms with Crippen LogP contribution in [0.5, 0.6) is 0 Å². The average molecular weight is 600 g/mol. The van der Waals surface area contributed by atoms with Gasteiger partial charge in [0.2, 0.25) is 5.91 Å². The van der Waals surface area contributed by atoms with Crippen LogP contribution in [0.25, 0.3) is 17.0 Å². The number of halogens is 1. The van der Waals surface area contributed by atoms with E-state index in [1.54, 1.807) is 36.6 Å². The minimum absolute atomic E-state index is 0.0313. The van der Waals surface area contributed by atoms with Crippen molar-refractivity contribution in [3.05, 3.63) is 108 Å². The fraction of sp³-hybridized carbons (Fsp3) is 0.0690. The minimum Gasteiger partial charge on any atom is -0.478 e. The third-order valence-corrected chi connectivity index (χ3v) is 6.46. The Morgan fingerprint density at radius 3 is 2.35 bits per heavy atom. The van der Waals surface area contributed by atoms with E-state index in [0.29, 0.717) is 22.7 Å². The van der Waals surface area contributed by atoms with Crippen LogP contribution in [0.3, 0.4) is 0 Å². The van der Waals surface area contributed by atoms with Crippen LogP contribution >= 0.6 is 11.6 Å². The zero-order valence-electron chi connectivity index (χ0n) is 22.1. The lowest BCUT2D eigenvalue weighted by Crippen LogP contribution is -2.49. The summed E-state index contributed by atoms with van der Waals surface area (Å²) in [5, 5.41) is 28.0. The molecule has 2 aromatic heterocycles. The maximum atomic E-state index is 13.3. The fourth-order valence-corrected chi connectivity index (χ4v) is 4.27. The van der Waals surface area contributed by atoms with Gasteiger partial charge in [0, 0.05) is 22.7 Å². The van der Waals surface area contributed by atoms with Crippen LogP contribution in [0.1, 0.15) is 15.9 Å². The summed E-state index contributed by atoms with van der Waals surface area (Å²) in [7, 11) is 0. The SMILES string of the molecule is O=C(Nc1cc(Cl)ccc1-n1cnnn1)C(=O)N[C@@H](Cc1ccc(-c2ccco2)cc1)C(=O)Nc1ccc(C(=O)O)cc1. The molecule has 0 saturated heterocycles. The second-order valence-electron chi connectivity index (χ2n) is 9.15. The van der Waals surface area contributed by atoms with Crippen LogP contribution in [0, 0.1) is 0 Å². The van der Waals surface area contributed by atoms with Crippen molar-refractivity contribution in [3.63, 3.8) is 0 Å². The molecule has 0 aliphatic heterocycles. The second kappa shape index (κ2) is 12.8. The molecule has 3 aromatic carbocycles. The van der Waals surface area contributed by atoms with Gasteiger partial charge in [0.25, 0.3) is 0 Å². The van der Waals surface area contributed by atoms with E-state index in [1.807, 2.05) is 18.2 Å². The second-order valence-corrected chi connectivity index (χ2v) is 9.58. The number of hydrogen-bond donors (Lipinski definition) is 4. The number of nitrogens with one attached hydrogen (secondary N) is 3. The van der Waals surface area contributed by atoms with Crippen LogP contribution in [0.2, 0.25) is 5.02 Å². The molecule has 14 heteroatoms. The van der Waals surface area contributed by atoms with Gasteiger partial charge in [-0.15, -0.1) is 5.10 Å². The first-order valence-electron chi connectivity index (χ1n) is 12.7. The Hall–Kier alpha value is -5.82. The Bertz CT molecular complexity index is 1760. The number of rotatable bonds is 9. The molecule has 1 atom stereocenters. The first-order valence-corrected chi connectivity index (χ1v) is 13.1. The molecule has 13 nitrogen and oxygen atoms in total. The monoisotopic (exact) mass is 599 g/mol. The van der Waals surface area contributed by atoms with Crippen molar-refractivity contribution in [2.45, 2.75) is 12.5 Å². The summed E-state index contributed by atoms with van der Waals surface area (Å²) in [6, 6.07) is 19.6. The van der Waals surface area contributed by atoms with Gasteiger partial charge in [0.15, 0.2) is 0 Å². The van der Waals surface area contributed by atoms with E-state index in [2.05, 4.69) is 31.5 Å². The highest BCUT2D eigenvalue weighted by Crippen LogP contribution is 2.24. The predicted molar refractivity (Wildman–Crippen MR) is 155 cm³/mol. The lowest BCUT2D eigenvalue weighted by Gasteiger charge is -2.19. The quantitative estimate of drug-likeness (QED) is 0.184. The van der Waals surface area contributed by atoms with Gasteiger partial charge in [-0.1, -0.05) is 35.9 Å². The minimum atomic E-state index is -1.19. The van der Waals surface area contributed by atoms with Crippen molar-refractivity contribution >= 4 is 46.7 Å². The number of anilines is 2. The number of carboxylic acid groups (broad SMARTS) is 1. The van der Waals surface area contributed by atoms with Gasteiger partial charge in [-0.25, -0.2) is 4.79 Å². The van der Waals surface area contributed by atoms with Crippen LogP contribution in [-0.2, 0) is 20.8 Å². The molecule has 43 heavy (non-hydrogen) atoms. The lowest BCUT2D eigenvalue weighted by molar-refractivity contribution is -0.137. The Morgan fingerprint density at radius 2 is 1.70 bits per heavy atom. The van der Waals surface area contributed by atoms with Gasteiger partial charge in [-0.3, -0.25) is 14.4 Å². The Balaban J connectivity index is 1.34. The summed E-state index contributed by atoms with van der Waals surface area (Å²) in [5.74, 6) is -3.23. The Kier molecular flexibility index (Phi) is 8.53. The molecule has 0 aliphatic carbocycles. The zero-order chi connectivity index (χ0) is 30.3. The molecular weight excluding hydrogens is 578 g/mol. The molecule has 5 rings (SSSR count). The van der Waals surface area contributed by atoms with Crippen LogP contribution in [0.15, 0.2) is 95.9 Å². The third-order valence-electron chi connectivity index (χ3n) is 6.23. The Labute approximate surface area is 248 Å². The summed E-state index contributed by atoms with van der Waals surface area (Å²) in [6.45, 7) is 0. The van der Waals surface area contributed by atoms with E-state index in [0.717, 1.165) is 5.56 Å². The van der Waals surface area contributed by atoms with Crippen molar-refractivity contribution in [1.82, 2.24) is 25.5 Å². The van der Waals surface area contributed by atoms with Crippen molar-refractivity contribution in [3.8, 4) is 17.0 Å². The molecule has 4 N–H and O–H groups in total. The molecule has 0 unspecified atom stereocenters. The maximum Gasteiger partial charge on any atom is 0.335 e. The molecule has 0 aliphatic rings. The highest BCUT2D eigenvalue weighted by Gasteiger charge is 2.26. The fourth-order valence-electron chi connectivity index (χ4n) is 4.10. The molecular formula is C29H22ClN7O6. The number of amides is 3. The van der Waals surface area contributed by atoms with Crippen LogP contribution in [-0.4, -0.2) is 55.0 Å². The Morgan fingerprint density at radius 1 is 0.930 bits per heavy atom. The van der Waals surface area contributed by atoms with Crippen molar-refractivity contribution in [2.24, 2.45) is 0 Å². The van der Waals surface area contributed by atoms with Crippen molar-refractivity contribution in [1.29, 1.82) is 0 Å². The third kappa shape index (κ3) is 7.10. The number of carboxylic acids is 1. The summed E-state index contributed by atoms with van der Waals surface area (Å²) in [5.41, 5.74) is 2.36. The molecule has 0 saturated carbocycles. The number of nitrogens with zero attached hydrogens (tertiary/aromatic N) is 4. The molecule has 0 spiro atoms. The average Bonchev–Trinajstić information content (AvgIpc) is 3.73. The number of aromatic nitrogens is 4. The molecule has 0 fully saturated rings. The number of aromatic carboxylic acids is 1. The van der Waals surface area contributed by atoms with Crippen molar-refractivity contribution in [2.75, 3.05) is 10.6 Å². The maximum absolute atomic E-state index is 13.3. The standard InChI is InChI=1S/C29H22ClN7O6/c30-20-9-12-24(37-16-31-35-36-37)22(15-20)33-27(39)28(40)34-23(26(38)32-21-10-7-19(8-11-21)29(41)42)14-17-3-5-18(6-4-17)25-2-1-13-43-25/h1-13,15-16,23H,14H2,(H,32,38)(H,33,39)(H,34,40)(H,41,42)/t23-/m0/s1. The molecule has 0 radical (unpaired) electrons. The van der Waals surface area contributed by atoms with Gasteiger partial charge in [0.05, 0.1) is 23.2 Å². The van der Waals surface area contributed by atoms with Crippen molar-refractivity contribution < 1.29 is 28.7 Å². The largest absolute Gasteiger partial charge is 0.478 e. The first kappa shape index (κ1) is 28.7. The number of carbonyl (C=O) groups is 4. The smallest absolute Gasteiger partial charge is 0.335 e. The predicted octanol–water partition coefficient (Wildman–Crippen LogP) is 3.58. The first-order chi connectivity index (χ1) is 20.8. The lowest BCUT2D eigenvalue weighted by atomic mass is 10.0. The number of benzene rings is 3. The van der Waals surface area contributed by atoms with Gasteiger partial charge < -0.3 is 25.5 Å². The van der Waals surface area contributed by atoms with E-state index in [1.165, 1.54) is 41.3 Å². The number of carbonyl (C=O) groups excluding carboxylic acids is 3. The zero-order valence-corrected chi connectivity index (χ0v) is 22.9. The van der Waals surface area contributed by atoms with Crippen LogP contribution < -0.4 is 16.0 Å². The summed E-state index contributed by atoms with van der Waals surface area (Å²) >= 11 is 6.10. The van der Waals surface area contributed by atoms with E-state index in [4.69, 9.17) is 21.1 Å². The molecule has 216 valence electrons. The normalized spacial score (nSPS) is 11.4. The van der Waals surface area contributed by atoms with E-state index < -0.39 is 29.7 Å². The molecule has 3 amide bonds. The van der Waals surface area contributed by atoms with E-state index in [9.17, 15) is 19.2 Å². The van der Waals surface area contributed by atoms with E-state index in [-0.39, 0.29) is 22.7 Å². The molecule has 2 heterocycles.